The predicted octanol–water partition coefficient (Wildman–Crippen LogP) is 0.706. The molecule has 0 amide bonds. The normalized spacial score (nSPS) is 19.9. The maximum atomic E-state index is 6.03. The summed E-state index contributed by atoms with van der Waals surface area (Å²) >= 11 is 6.03. The van der Waals surface area contributed by atoms with Crippen molar-refractivity contribution in [1.29, 1.82) is 0 Å². The third kappa shape index (κ3) is 2.27. The number of hydrogen-bond acceptors (Lipinski definition) is 6. The molecule has 0 N–H and O–H groups in total. The maximum absolute atomic E-state index is 6.03. The van der Waals surface area contributed by atoms with E-state index in [2.05, 4.69) is 15.0 Å². The van der Waals surface area contributed by atoms with E-state index < -0.39 is 0 Å². The van der Waals surface area contributed by atoms with Crippen molar-refractivity contribution >= 4 is 17.5 Å². The topological polar surface area (TPSA) is 60.4 Å². The third-order valence-corrected chi connectivity index (χ3v) is 2.72. The number of hydrogen-bond donors (Lipinski definition) is 0. The smallest absolute Gasteiger partial charge is 0.324 e. The van der Waals surface area contributed by atoms with Gasteiger partial charge in [0.15, 0.2) is 0 Å². The molecule has 0 aromatic carbocycles. The van der Waals surface area contributed by atoms with E-state index in [-0.39, 0.29) is 17.4 Å². The number of rotatable bonds is 3. The Morgan fingerprint density at radius 3 is 2.25 bits per heavy atom. The van der Waals surface area contributed by atoms with Gasteiger partial charge in [0.2, 0.25) is 5.95 Å². The third-order valence-electron chi connectivity index (χ3n) is 2.36. The van der Waals surface area contributed by atoms with Gasteiger partial charge in [-0.2, -0.15) is 9.97 Å². The van der Waals surface area contributed by atoms with Gasteiger partial charge >= 0.3 is 12.0 Å². The lowest BCUT2D eigenvalue weighted by Crippen LogP contribution is -2.22. The zero-order chi connectivity index (χ0) is 11.5. The summed E-state index contributed by atoms with van der Waals surface area (Å²) in [5, 5.41) is 0.147. The number of halogens is 1. The largest absolute Gasteiger partial charge is 0.467 e. The summed E-state index contributed by atoms with van der Waals surface area (Å²) in [6.45, 7) is 1.57. The average Bonchev–Trinajstić information content (AvgIpc) is 2.75. The summed E-state index contributed by atoms with van der Waals surface area (Å²) in [5.41, 5.74) is 0. The first-order chi connectivity index (χ1) is 7.72. The zero-order valence-electron chi connectivity index (χ0n) is 9.18. The summed E-state index contributed by atoms with van der Waals surface area (Å²) in [7, 11) is 3.01. The molecule has 6 nitrogen and oxygen atoms in total. The average molecular weight is 245 g/mol. The highest BCUT2D eigenvalue weighted by atomic mass is 35.5. The van der Waals surface area contributed by atoms with Gasteiger partial charge in [-0.15, -0.1) is 16.6 Å². The molecule has 88 valence electrons. The molecule has 2 rings (SSSR count). The van der Waals surface area contributed by atoms with Crippen molar-refractivity contribution < 1.29 is 9.47 Å². The molecule has 1 aliphatic heterocycles. The van der Waals surface area contributed by atoms with Gasteiger partial charge in [0.05, 0.1) is 19.6 Å². The Balaban J connectivity index is 2.25. The standard InChI is InChI=1S/C9H13ClN4O2/c1-15-8-11-7(12-9(13-8)16-2)14-4-3-6(10)5-14/h6H,3-5H2,1-2H3. The van der Waals surface area contributed by atoms with Gasteiger partial charge in [-0.05, 0) is 6.42 Å². The second-order valence-corrected chi connectivity index (χ2v) is 4.06. The van der Waals surface area contributed by atoms with Crippen molar-refractivity contribution in [2.45, 2.75) is 11.8 Å². The number of nitrogens with zero attached hydrogens (tertiary/aromatic N) is 4. The molecule has 16 heavy (non-hydrogen) atoms. The van der Waals surface area contributed by atoms with Crippen LogP contribution >= 0.6 is 11.6 Å². The highest BCUT2D eigenvalue weighted by Gasteiger charge is 2.23. The van der Waals surface area contributed by atoms with Crippen LogP contribution in [0, 0.1) is 0 Å². The molecule has 1 aromatic heterocycles. The van der Waals surface area contributed by atoms with Crippen LogP contribution in [0.1, 0.15) is 6.42 Å². The quantitative estimate of drug-likeness (QED) is 0.730. The van der Waals surface area contributed by atoms with Crippen LogP contribution in [0.3, 0.4) is 0 Å². The Morgan fingerprint density at radius 1 is 1.19 bits per heavy atom. The van der Waals surface area contributed by atoms with Crippen molar-refractivity contribution in [1.82, 2.24) is 15.0 Å². The van der Waals surface area contributed by atoms with Crippen LogP contribution in [0.2, 0.25) is 0 Å². The number of methoxy groups -OCH3 is 2. The van der Waals surface area contributed by atoms with Crippen molar-refractivity contribution in [3.8, 4) is 12.0 Å². The summed E-state index contributed by atoms with van der Waals surface area (Å²) in [6, 6.07) is 0.500. The Hall–Kier alpha value is -1.30. The van der Waals surface area contributed by atoms with Gasteiger partial charge in [-0.3, -0.25) is 0 Å². The fourth-order valence-electron chi connectivity index (χ4n) is 1.55. The Labute approximate surface area is 98.6 Å². The number of aromatic nitrogens is 3. The number of anilines is 1. The van der Waals surface area contributed by atoms with Gasteiger partial charge in [-0.1, -0.05) is 0 Å². The molecule has 0 bridgehead atoms. The van der Waals surface area contributed by atoms with Crippen LogP contribution in [0.15, 0.2) is 0 Å². The molecule has 7 heteroatoms. The molecule has 1 aromatic rings. The minimum atomic E-state index is 0.147. The molecule has 1 fully saturated rings. The van der Waals surface area contributed by atoms with Gasteiger partial charge in [0.25, 0.3) is 0 Å². The molecular weight excluding hydrogens is 232 g/mol. The van der Waals surface area contributed by atoms with E-state index in [4.69, 9.17) is 21.1 Å². The minimum absolute atomic E-state index is 0.147. The fourth-order valence-corrected chi connectivity index (χ4v) is 1.82. The first kappa shape index (κ1) is 11.2. The summed E-state index contributed by atoms with van der Waals surface area (Å²) in [6.07, 6.45) is 0.928. The zero-order valence-corrected chi connectivity index (χ0v) is 9.94. The highest BCUT2D eigenvalue weighted by Crippen LogP contribution is 2.22. The molecule has 1 aliphatic rings. The van der Waals surface area contributed by atoms with E-state index in [0.29, 0.717) is 5.95 Å². The van der Waals surface area contributed by atoms with Crippen LogP contribution in [0.25, 0.3) is 0 Å². The second kappa shape index (κ2) is 4.69. The van der Waals surface area contributed by atoms with E-state index in [1.807, 2.05) is 4.90 Å². The van der Waals surface area contributed by atoms with E-state index in [0.717, 1.165) is 19.5 Å². The SMILES string of the molecule is COc1nc(OC)nc(N2CCC(Cl)C2)n1. The first-order valence-corrected chi connectivity index (χ1v) is 5.39. The Morgan fingerprint density at radius 2 is 1.81 bits per heavy atom. The van der Waals surface area contributed by atoms with E-state index >= 15 is 0 Å². The number of alkyl halides is 1. The molecule has 1 atom stereocenters. The lowest BCUT2D eigenvalue weighted by Gasteiger charge is -2.15. The molecule has 0 radical (unpaired) electrons. The van der Waals surface area contributed by atoms with E-state index in [1.54, 1.807) is 0 Å². The second-order valence-electron chi connectivity index (χ2n) is 3.44. The van der Waals surface area contributed by atoms with Crippen molar-refractivity contribution in [3.05, 3.63) is 0 Å². The molecule has 1 saturated heterocycles. The van der Waals surface area contributed by atoms with Crippen molar-refractivity contribution in [3.63, 3.8) is 0 Å². The Bertz CT molecular complexity index is 354. The van der Waals surface area contributed by atoms with Gasteiger partial charge < -0.3 is 14.4 Å². The molecule has 0 aliphatic carbocycles. The molecular formula is C9H13ClN4O2. The van der Waals surface area contributed by atoms with E-state index in [9.17, 15) is 0 Å². The lowest BCUT2D eigenvalue weighted by atomic mass is 10.4. The molecule has 1 unspecified atom stereocenters. The van der Waals surface area contributed by atoms with Crippen LogP contribution in [-0.2, 0) is 0 Å². The first-order valence-electron chi connectivity index (χ1n) is 4.96. The van der Waals surface area contributed by atoms with E-state index in [1.165, 1.54) is 14.2 Å². The van der Waals surface area contributed by atoms with Gasteiger partial charge in [0, 0.05) is 13.1 Å². The number of ether oxygens (including phenoxy) is 2. The summed E-state index contributed by atoms with van der Waals surface area (Å²) in [4.78, 5) is 14.2. The summed E-state index contributed by atoms with van der Waals surface area (Å²) in [5.74, 6) is 0.548. The van der Waals surface area contributed by atoms with Crippen LogP contribution in [0.5, 0.6) is 12.0 Å². The Kier molecular flexibility index (Phi) is 3.28. The monoisotopic (exact) mass is 244 g/mol. The summed E-state index contributed by atoms with van der Waals surface area (Å²) < 4.78 is 9.96. The van der Waals surface area contributed by atoms with Crippen LogP contribution < -0.4 is 14.4 Å². The van der Waals surface area contributed by atoms with Gasteiger partial charge in [0.1, 0.15) is 0 Å². The lowest BCUT2D eigenvalue weighted by molar-refractivity contribution is 0.340. The van der Waals surface area contributed by atoms with Crippen LogP contribution in [0.4, 0.5) is 5.95 Å². The van der Waals surface area contributed by atoms with Crippen LogP contribution in [-0.4, -0.2) is 47.6 Å². The van der Waals surface area contributed by atoms with Crippen molar-refractivity contribution in [2.75, 3.05) is 32.2 Å². The highest BCUT2D eigenvalue weighted by molar-refractivity contribution is 6.21. The fraction of sp³-hybridized carbons (Fsp3) is 0.667. The molecule has 2 heterocycles. The molecule has 0 saturated carbocycles. The van der Waals surface area contributed by atoms with Gasteiger partial charge in [-0.25, -0.2) is 0 Å². The van der Waals surface area contributed by atoms with Crippen molar-refractivity contribution in [2.24, 2.45) is 0 Å². The minimum Gasteiger partial charge on any atom is -0.467 e. The maximum Gasteiger partial charge on any atom is 0.324 e. The molecule has 0 spiro atoms. The predicted molar refractivity (Wildman–Crippen MR) is 59.4 cm³/mol.